The van der Waals surface area contributed by atoms with E-state index in [1.165, 1.54) is 16.9 Å². The standard InChI is InChI=1S/C26H27N5OS/c1-18-22-24(28-16-21-11-5-6-13-27-21)29-17-30-25(22)33-23(18)26(32)31-14-7-10-20(12-15-31)19-8-3-2-4-9-19/h2-6,8-9,11,13,17,20H,7,10,12,14-16H2,1H3,(H,28,29,30). The molecule has 0 aliphatic carbocycles. The minimum atomic E-state index is 0.111. The minimum absolute atomic E-state index is 0.111. The average molecular weight is 458 g/mol. The number of nitrogens with one attached hydrogen (secondary N) is 1. The van der Waals surface area contributed by atoms with E-state index in [4.69, 9.17) is 0 Å². The molecule has 1 aliphatic heterocycles. The van der Waals surface area contributed by atoms with Crippen LogP contribution >= 0.6 is 11.3 Å². The Bertz CT molecular complexity index is 1240. The monoisotopic (exact) mass is 457 g/mol. The molecule has 1 fully saturated rings. The molecule has 0 saturated carbocycles. The molecule has 3 aromatic heterocycles. The van der Waals surface area contributed by atoms with Gasteiger partial charge in [-0.1, -0.05) is 36.4 Å². The van der Waals surface area contributed by atoms with E-state index in [0.29, 0.717) is 12.5 Å². The molecule has 1 amide bonds. The van der Waals surface area contributed by atoms with Crippen LogP contribution in [0.4, 0.5) is 5.82 Å². The third kappa shape index (κ3) is 4.59. The number of aromatic nitrogens is 3. The van der Waals surface area contributed by atoms with Crippen molar-refractivity contribution >= 4 is 33.3 Å². The number of anilines is 1. The van der Waals surface area contributed by atoms with E-state index < -0.39 is 0 Å². The second-order valence-electron chi connectivity index (χ2n) is 8.46. The van der Waals surface area contributed by atoms with Crippen LogP contribution in [-0.4, -0.2) is 38.8 Å². The van der Waals surface area contributed by atoms with Crippen LogP contribution in [0.25, 0.3) is 10.2 Å². The minimum Gasteiger partial charge on any atom is -0.364 e. The molecule has 0 spiro atoms. The Morgan fingerprint density at radius 2 is 1.91 bits per heavy atom. The van der Waals surface area contributed by atoms with E-state index in [0.717, 1.165) is 64.5 Å². The van der Waals surface area contributed by atoms with Crippen molar-refractivity contribution in [1.82, 2.24) is 19.9 Å². The number of pyridine rings is 1. The van der Waals surface area contributed by atoms with Gasteiger partial charge >= 0.3 is 0 Å². The van der Waals surface area contributed by atoms with Gasteiger partial charge in [0.25, 0.3) is 5.91 Å². The van der Waals surface area contributed by atoms with E-state index >= 15 is 0 Å². The predicted octanol–water partition coefficient (Wildman–Crippen LogP) is 5.42. The number of rotatable bonds is 5. The maximum absolute atomic E-state index is 13.5. The number of hydrogen-bond donors (Lipinski definition) is 1. The molecule has 33 heavy (non-hydrogen) atoms. The van der Waals surface area contributed by atoms with Crippen molar-refractivity contribution < 1.29 is 4.79 Å². The van der Waals surface area contributed by atoms with Gasteiger partial charge < -0.3 is 10.2 Å². The lowest BCUT2D eigenvalue weighted by molar-refractivity contribution is 0.0765. The fraction of sp³-hybridized carbons (Fsp3) is 0.308. The number of carbonyl (C=O) groups excluding carboxylic acids is 1. The first-order valence-corrected chi connectivity index (χ1v) is 12.2. The number of aryl methyl sites for hydroxylation is 1. The summed E-state index contributed by atoms with van der Waals surface area (Å²) < 4.78 is 0. The zero-order valence-corrected chi connectivity index (χ0v) is 19.5. The molecular weight excluding hydrogens is 430 g/mol. The largest absolute Gasteiger partial charge is 0.364 e. The Morgan fingerprint density at radius 1 is 1.06 bits per heavy atom. The number of thiophene rings is 1. The summed E-state index contributed by atoms with van der Waals surface area (Å²) >= 11 is 1.47. The van der Waals surface area contributed by atoms with Crippen LogP contribution in [0, 0.1) is 6.92 Å². The van der Waals surface area contributed by atoms with Crippen LogP contribution in [0.15, 0.2) is 61.1 Å². The quantitative estimate of drug-likeness (QED) is 0.433. The fourth-order valence-corrected chi connectivity index (χ4v) is 5.70. The van der Waals surface area contributed by atoms with E-state index in [1.807, 2.05) is 30.0 Å². The predicted molar refractivity (Wildman–Crippen MR) is 133 cm³/mol. The first kappa shape index (κ1) is 21.5. The molecule has 7 heteroatoms. The summed E-state index contributed by atoms with van der Waals surface area (Å²) in [4.78, 5) is 30.4. The summed E-state index contributed by atoms with van der Waals surface area (Å²) in [6, 6.07) is 16.5. The fourth-order valence-electron chi connectivity index (χ4n) is 4.59. The SMILES string of the molecule is Cc1c(C(=O)N2CCCC(c3ccccc3)CC2)sc2ncnc(NCc3ccccn3)c12. The number of amides is 1. The normalized spacial score (nSPS) is 16.5. The first-order chi connectivity index (χ1) is 16.2. The Kier molecular flexibility index (Phi) is 6.30. The van der Waals surface area contributed by atoms with E-state index in [2.05, 4.69) is 50.6 Å². The Hall–Kier alpha value is -3.32. The van der Waals surface area contributed by atoms with Gasteiger partial charge in [-0.15, -0.1) is 11.3 Å². The average Bonchev–Trinajstić information content (AvgIpc) is 3.04. The van der Waals surface area contributed by atoms with Gasteiger partial charge in [0.15, 0.2) is 0 Å². The molecule has 5 rings (SSSR count). The maximum Gasteiger partial charge on any atom is 0.264 e. The van der Waals surface area contributed by atoms with Crippen molar-refractivity contribution in [2.45, 2.75) is 38.6 Å². The number of carbonyl (C=O) groups is 1. The summed E-state index contributed by atoms with van der Waals surface area (Å²) in [6.45, 7) is 4.15. The summed E-state index contributed by atoms with van der Waals surface area (Å²) in [5.41, 5.74) is 3.27. The van der Waals surface area contributed by atoms with Crippen molar-refractivity contribution in [1.29, 1.82) is 0 Å². The van der Waals surface area contributed by atoms with Crippen LogP contribution in [0.3, 0.4) is 0 Å². The third-order valence-corrected chi connectivity index (χ3v) is 7.56. The second-order valence-corrected chi connectivity index (χ2v) is 9.46. The highest BCUT2D eigenvalue weighted by molar-refractivity contribution is 7.20. The number of nitrogens with zero attached hydrogens (tertiary/aromatic N) is 4. The highest BCUT2D eigenvalue weighted by atomic mass is 32.1. The van der Waals surface area contributed by atoms with Gasteiger partial charge in [0.2, 0.25) is 0 Å². The van der Waals surface area contributed by atoms with Gasteiger partial charge in [-0.3, -0.25) is 9.78 Å². The van der Waals surface area contributed by atoms with Crippen LogP contribution in [0.1, 0.15) is 51.7 Å². The number of likely N-dealkylation sites (tertiary alicyclic amines) is 1. The molecule has 168 valence electrons. The lowest BCUT2D eigenvalue weighted by Crippen LogP contribution is -2.31. The molecule has 1 N–H and O–H groups in total. The molecule has 6 nitrogen and oxygen atoms in total. The van der Waals surface area contributed by atoms with Crippen LogP contribution in [0.5, 0.6) is 0 Å². The van der Waals surface area contributed by atoms with Gasteiger partial charge in [-0.2, -0.15) is 0 Å². The summed E-state index contributed by atoms with van der Waals surface area (Å²) in [6.07, 6.45) is 6.47. The van der Waals surface area contributed by atoms with E-state index in [-0.39, 0.29) is 5.91 Å². The first-order valence-electron chi connectivity index (χ1n) is 11.4. The number of benzene rings is 1. The lowest BCUT2D eigenvalue weighted by atomic mass is 9.92. The highest BCUT2D eigenvalue weighted by Crippen LogP contribution is 2.35. The van der Waals surface area contributed by atoms with Gasteiger partial charge in [-0.05, 0) is 55.4 Å². The van der Waals surface area contributed by atoms with Crippen molar-refractivity contribution in [2.75, 3.05) is 18.4 Å². The summed E-state index contributed by atoms with van der Waals surface area (Å²) in [5, 5.41) is 4.31. The molecule has 1 atom stereocenters. The summed E-state index contributed by atoms with van der Waals surface area (Å²) in [5.74, 6) is 1.37. The van der Waals surface area contributed by atoms with Crippen LogP contribution < -0.4 is 5.32 Å². The molecule has 1 aliphatic rings. The van der Waals surface area contributed by atoms with Crippen LogP contribution in [0.2, 0.25) is 0 Å². The Morgan fingerprint density at radius 3 is 2.73 bits per heavy atom. The number of fused-ring (bicyclic) bond motifs is 1. The van der Waals surface area contributed by atoms with Gasteiger partial charge in [0.05, 0.1) is 22.5 Å². The molecule has 4 aromatic rings. The van der Waals surface area contributed by atoms with Crippen molar-refractivity contribution in [3.8, 4) is 0 Å². The Balaban J connectivity index is 1.35. The molecule has 1 aromatic carbocycles. The lowest BCUT2D eigenvalue weighted by Gasteiger charge is -2.20. The highest BCUT2D eigenvalue weighted by Gasteiger charge is 2.26. The third-order valence-electron chi connectivity index (χ3n) is 6.37. The molecule has 1 saturated heterocycles. The van der Waals surface area contributed by atoms with Crippen molar-refractivity contribution in [3.05, 3.63) is 82.8 Å². The van der Waals surface area contributed by atoms with Gasteiger partial charge in [0, 0.05) is 19.3 Å². The van der Waals surface area contributed by atoms with Crippen LogP contribution in [-0.2, 0) is 6.54 Å². The van der Waals surface area contributed by atoms with Gasteiger partial charge in [0.1, 0.15) is 17.0 Å². The van der Waals surface area contributed by atoms with Crippen molar-refractivity contribution in [3.63, 3.8) is 0 Å². The van der Waals surface area contributed by atoms with E-state index in [1.54, 1.807) is 12.5 Å². The molecule has 0 radical (unpaired) electrons. The zero-order valence-electron chi connectivity index (χ0n) is 18.7. The molecule has 1 unspecified atom stereocenters. The van der Waals surface area contributed by atoms with Crippen molar-refractivity contribution in [2.24, 2.45) is 0 Å². The van der Waals surface area contributed by atoms with Gasteiger partial charge in [-0.25, -0.2) is 9.97 Å². The molecular formula is C26H27N5OS. The second kappa shape index (κ2) is 9.67. The molecule has 0 bridgehead atoms. The number of hydrogen-bond acceptors (Lipinski definition) is 6. The summed E-state index contributed by atoms with van der Waals surface area (Å²) in [7, 11) is 0. The Labute approximate surface area is 197 Å². The van der Waals surface area contributed by atoms with E-state index in [9.17, 15) is 4.79 Å². The smallest absolute Gasteiger partial charge is 0.264 e. The topological polar surface area (TPSA) is 71.0 Å². The zero-order chi connectivity index (χ0) is 22.6. The maximum atomic E-state index is 13.5. The molecule has 4 heterocycles.